The first kappa shape index (κ1) is 16.5. The van der Waals surface area contributed by atoms with Crippen LogP contribution in [0.4, 0.5) is 0 Å². The summed E-state index contributed by atoms with van der Waals surface area (Å²) in [5.74, 6) is -0.354. The predicted octanol–water partition coefficient (Wildman–Crippen LogP) is 0.897. The number of hydrogen-bond acceptors (Lipinski definition) is 5. The second-order valence-electron chi connectivity index (χ2n) is 5.50. The van der Waals surface area contributed by atoms with Gasteiger partial charge in [-0.3, -0.25) is 9.48 Å². The van der Waals surface area contributed by atoms with Crippen LogP contribution >= 0.6 is 0 Å². The standard InChI is InChI=1S/C15H23N3O4/c1-4-22-15(20)12(9-13(21-3)10-5-6-10)16-14(19)11-7-8-18(2)17-11/h7-8,10,12-13H,4-6,9H2,1-3H3,(H,16,19). The van der Waals surface area contributed by atoms with E-state index in [2.05, 4.69) is 10.4 Å². The second-order valence-corrected chi connectivity index (χ2v) is 5.50. The molecule has 0 radical (unpaired) electrons. The molecule has 7 nitrogen and oxygen atoms in total. The number of nitrogens with zero attached hydrogens (tertiary/aromatic N) is 2. The molecule has 1 amide bonds. The molecular weight excluding hydrogens is 286 g/mol. The van der Waals surface area contributed by atoms with Crippen LogP contribution in [0.15, 0.2) is 12.3 Å². The van der Waals surface area contributed by atoms with Crippen LogP contribution in [0.1, 0.15) is 36.7 Å². The molecule has 1 aromatic rings. The minimum atomic E-state index is -0.722. The van der Waals surface area contributed by atoms with Crippen molar-refractivity contribution in [3.8, 4) is 0 Å². The maximum absolute atomic E-state index is 12.2. The average molecular weight is 309 g/mol. The number of carbonyl (C=O) groups excluding carboxylic acids is 2. The molecular formula is C15H23N3O4. The van der Waals surface area contributed by atoms with Gasteiger partial charge in [0.15, 0.2) is 0 Å². The number of aromatic nitrogens is 2. The summed E-state index contributed by atoms with van der Waals surface area (Å²) >= 11 is 0. The predicted molar refractivity (Wildman–Crippen MR) is 79.2 cm³/mol. The van der Waals surface area contributed by atoms with E-state index in [0.29, 0.717) is 12.3 Å². The minimum absolute atomic E-state index is 0.0431. The summed E-state index contributed by atoms with van der Waals surface area (Å²) in [7, 11) is 3.36. The smallest absolute Gasteiger partial charge is 0.328 e. The minimum Gasteiger partial charge on any atom is -0.464 e. The van der Waals surface area contributed by atoms with Crippen molar-refractivity contribution in [2.24, 2.45) is 13.0 Å². The van der Waals surface area contributed by atoms with E-state index in [1.165, 1.54) is 4.68 Å². The summed E-state index contributed by atoms with van der Waals surface area (Å²) in [6.07, 6.45) is 4.25. The van der Waals surface area contributed by atoms with Gasteiger partial charge in [0, 0.05) is 26.8 Å². The van der Waals surface area contributed by atoms with E-state index in [-0.39, 0.29) is 24.3 Å². The van der Waals surface area contributed by atoms with E-state index in [1.807, 2.05) is 0 Å². The van der Waals surface area contributed by atoms with Gasteiger partial charge in [0.1, 0.15) is 11.7 Å². The summed E-state index contributed by atoms with van der Waals surface area (Å²) in [6, 6.07) is 0.881. The Bertz CT molecular complexity index is 525. The lowest BCUT2D eigenvalue weighted by molar-refractivity contribution is -0.146. The monoisotopic (exact) mass is 309 g/mol. The fourth-order valence-electron chi connectivity index (χ4n) is 2.41. The maximum atomic E-state index is 12.2. The molecule has 0 spiro atoms. The van der Waals surface area contributed by atoms with Crippen LogP contribution in [0.2, 0.25) is 0 Å². The van der Waals surface area contributed by atoms with Gasteiger partial charge in [0.25, 0.3) is 5.91 Å². The van der Waals surface area contributed by atoms with Gasteiger partial charge in [-0.15, -0.1) is 0 Å². The first-order valence-corrected chi connectivity index (χ1v) is 7.55. The van der Waals surface area contributed by atoms with Crippen LogP contribution < -0.4 is 5.32 Å². The molecule has 2 rings (SSSR count). The number of rotatable bonds is 8. The van der Waals surface area contributed by atoms with Crippen LogP contribution in [-0.2, 0) is 21.3 Å². The van der Waals surface area contributed by atoms with Gasteiger partial charge < -0.3 is 14.8 Å². The van der Waals surface area contributed by atoms with E-state index < -0.39 is 12.0 Å². The molecule has 0 saturated heterocycles. The lowest BCUT2D eigenvalue weighted by Crippen LogP contribution is -2.44. The van der Waals surface area contributed by atoms with Crippen molar-refractivity contribution in [3.05, 3.63) is 18.0 Å². The Labute approximate surface area is 130 Å². The van der Waals surface area contributed by atoms with E-state index >= 15 is 0 Å². The van der Waals surface area contributed by atoms with Gasteiger partial charge in [-0.05, 0) is 31.7 Å². The SMILES string of the molecule is CCOC(=O)C(CC(OC)C1CC1)NC(=O)c1ccn(C)n1. The molecule has 1 heterocycles. The summed E-state index contributed by atoms with van der Waals surface area (Å²) in [6.45, 7) is 2.01. The zero-order valence-corrected chi connectivity index (χ0v) is 13.2. The number of hydrogen-bond donors (Lipinski definition) is 1. The summed E-state index contributed by atoms with van der Waals surface area (Å²) in [4.78, 5) is 24.3. The van der Waals surface area contributed by atoms with Gasteiger partial charge in [-0.25, -0.2) is 4.79 Å². The molecule has 1 aliphatic rings. The highest BCUT2D eigenvalue weighted by Crippen LogP contribution is 2.36. The zero-order chi connectivity index (χ0) is 16.1. The van der Waals surface area contributed by atoms with Crippen molar-refractivity contribution < 1.29 is 19.1 Å². The molecule has 0 bridgehead atoms. The number of ether oxygens (including phenoxy) is 2. The number of amides is 1. The van der Waals surface area contributed by atoms with Gasteiger partial charge in [0.05, 0.1) is 12.7 Å². The van der Waals surface area contributed by atoms with E-state index in [9.17, 15) is 9.59 Å². The summed E-state index contributed by atoms with van der Waals surface area (Å²) in [5, 5.41) is 6.75. The highest BCUT2D eigenvalue weighted by molar-refractivity contribution is 5.95. The molecule has 1 saturated carbocycles. The van der Waals surface area contributed by atoms with Crippen molar-refractivity contribution in [3.63, 3.8) is 0 Å². The Kier molecular flexibility index (Phi) is 5.54. The van der Waals surface area contributed by atoms with Crippen LogP contribution in [0.3, 0.4) is 0 Å². The van der Waals surface area contributed by atoms with Crippen LogP contribution in [-0.4, -0.2) is 47.5 Å². The number of aryl methyl sites for hydroxylation is 1. The Hall–Kier alpha value is -1.89. The van der Waals surface area contributed by atoms with Crippen molar-refractivity contribution in [2.45, 2.75) is 38.3 Å². The molecule has 0 aromatic carbocycles. The maximum Gasteiger partial charge on any atom is 0.328 e. The van der Waals surface area contributed by atoms with Gasteiger partial charge >= 0.3 is 5.97 Å². The second kappa shape index (κ2) is 7.40. The van der Waals surface area contributed by atoms with Crippen molar-refractivity contribution in [1.29, 1.82) is 0 Å². The summed E-state index contributed by atoms with van der Waals surface area (Å²) < 4.78 is 12.0. The van der Waals surface area contributed by atoms with E-state index in [0.717, 1.165) is 12.8 Å². The number of nitrogens with one attached hydrogen (secondary N) is 1. The van der Waals surface area contributed by atoms with Crippen molar-refractivity contribution >= 4 is 11.9 Å². The Morgan fingerprint density at radius 2 is 2.23 bits per heavy atom. The molecule has 2 unspecified atom stereocenters. The Morgan fingerprint density at radius 1 is 1.50 bits per heavy atom. The van der Waals surface area contributed by atoms with Gasteiger partial charge in [-0.2, -0.15) is 5.10 Å². The molecule has 2 atom stereocenters. The zero-order valence-electron chi connectivity index (χ0n) is 13.2. The number of esters is 1. The van der Waals surface area contributed by atoms with Crippen LogP contribution in [0.5, 0.6) is 0 Å². The fourth-order valence-corrected chi connectivity index (χ4v) is 2.41. The quantitative estimate of drug-likeness (QED) is 0.721. The molecule has 1 N–H and O–H groups in total. The largest absolute Gasteiger partial charge is 0.464 e. The third-order valence-corrected chi connectivity index (χ3v) is 3.74. The molecule has 0 aliphatic heterocycles. The third-order valence-electron chi connectivity index (χ3n) is 3.74. The normalized spacial score (nSPS) is 16.9. The molecule has 22 heavy (non-hydrogen) atoms. The molecule has 7 heteroatoms. The molecule has 1 aliphatic carbocycles. The first-order chi connectivity index (χ1) is 10.5. The van der Waals surface area contributed by atoms with Gasteiger partial charge in [-0.1, -0.05) is 0 Å². The highest BCUT2D eigenvalue weighted by atomic mass is 16.5. The summed E-state index contributed by atoms with van der Waals surface area (Å²) in [5.41, 5.74) is 0.275. The number of methoxy groups -OCH3 is 1. The molecule has 122 valence electrons. The fraction of sp³-hybridized carbons (Fsp3) is 0.667. The first-order valence-electron chi connectivity index (χ1n) is 7.55. The third kappa shape index (κ3) is 4.30. The highest BCUT2D eigenvalue weighted by Gasteiger charge is 2.36. The van der Waals surface area contributed by atoms with Crippen molar-refractivity contribution in [2.75, 3.05) is 13.7 Å². The van der Waals surface area contributed by atoms with Crippen LogP contribution in [0.25, 0.3) is 0 Å². The number of carbonyl (C=O) groups is 2. The Morgan fingerprint density at radius 3 is 2.73 bits per heavy atom. The van der Waals surface area contributed by atoms with E-state index in [1.54, 1.807) is 33.3 Å². The van der Waals surface area contributed by atoms with Crippen LogP contribution in [0, 0.1) is 5.92 Å². The van der Waals surface area contributed by atoms with E-state index in [4.69, 9.17) is 9.47 Å². The average Bonchev–Trinajstić information content (AvgIpc) is 3.24. The topological polar surface area (TPSA) is 82.5 Å². The lowest BCUT2D eigenvalue weighted by Gasteiger charge is -2.22. The molecule has 1 aromatic heterocycles. The van der Waals surface area contributed by atoms with Crippen molar-refractivity contribution in [1.82, 2.24) is 15.1 Å². The Balaban J connectivity index is 2.02. The molecule has 1 fully saturated rings. The lowest BCUT2D eigenvalue weighted by atomic mass is 10.1. The van der Waals surface area contributed by atoms with Gasteiger partial charge in [0.2, 0.25) is 0 Å².